The molecule has 1 saturated carbocycles. The van der Waals surface area contributed by atoms with Gasteiger partial charge in [0.25, 0.3) is 0 Å². The van der Waals surface area contributed by atoms with E-state index in [0.29, 0.717) is 24.7 Å². The number of aliphatic hydroxyl groups is 1. The van der Waals surface area contributed by atoms with Crippen LogP contribution in [0.4, 0.5) is 0 Å². The van der Waals surface area contributed by atoms with Crippen molar-refractivity contribution in [3.05, 3.63) is 11.9 Å². The predicted octanol–water partition coefficient (Wildman–Crippen LogP) is -1.38. The zero-order valence-corrected chi connectivity index (χ0v) is 9.54. The Labute approximate surface area is 99.0 Å². The molecule has 17 heavy (non-hydrogen) atoms. The Morgan fingerprint density at radius 3 is 3.06 bits per heavy atom. The minimum absolute atomic E-state index is 0.102. The summed E-state index contributed by atoms with van der Waals surface area (Å²) in [6.45, 7) is 0.717. The van der Waals surface area contributed by atoms with Gasteiger partial charge in [0.1, 0.15) is 6.54 Å². The Kier molecular flexibility index (Phi) is 3.70. The first-order valence-electron chi connectivity index (χ1n) is 5.73. The number of nitrogens with one attached hydrogen (secondary N) is 1. The second-order valence-electron chi connectivity index (χ2n) is 4.32. The molecule has 1 amide bonds. The first-order valence-corrected chi connectivity index (χ1v) is 5.73. The summed E-state index contributed by atoms with van der Waals surface area (Å²) in [7, 11) is 0. The number of rotatable bonds is 6. The van der Waals surface area contributed by atoms with Gasteiger partial charge in [0.05, 0.1) is 18.0 Å². The molecule has 0 saturated heterocycles. The molecule has 0 aromatic carbocycles. The molecular weight excluding hydrogens is 222 g/mol. The molecule has 2 rings (SSSR count). The SMILES string of the molecule is NCc1cn(CC(=O)NCC(O)C2CC2)nn1. The standard InChI is InChI=1S/C10H17N5O2/c11-3-8-5-15(14-13-8)6-10(17)12-4-9(16)7-1-2-7/h5,7,9,16H,1-4,6,11H2,(H,12,17). The van der Waals surface area contributed by atoms with Gasteiger partial charge in [-0.15, -0.1) is 5.10 Å². The largest absolute Gasteiger partial charge is 0.391 e. The molecule has 0 aliphatic heterocycles. The number of nitrogens with zero attached hydrogens (tertiary/aromatic N) is 3. The van der Waals surface area contributed by atoms with Gasteiger partial charge in [-0.3, -0.25) is 4.79 Å². The van der Waals surface area contributed by atoms with Crippen LogP contribution in [0.25, 0.3) is 0 Å². The zero-order valence-electron chi connectivity index (χ0n) is 9.54. The van der Waals surface area contributed by atoms with E-state index in [1.807, 2.05) is 0 Å². The number of aromatic nitrogens is 3. The van der Waals surface area contributed by atoms with Crippen LogP contribution < -0.4 is 11.1 Å². The molecule has 1 unspecified atom stereocenters. The van der Waals surface area contributed by atoms with E-state index in [2.05, 4.69) is 15.6 Å². The number of carbonyl (C=O) groups is 1. The van der Waals surface area contributed by atoms with Gasteiger partial charge in [-0.2, -0.15) is 0 Å². The smallest absolute Gasteiger partial charge is 0.241 e. The molecular formula is C10H17N5O2. The molecule has 7 nitrogen and oxygen atoms in total. The lowest BCUT2D eigenvalue weighted by Crippen LogP contribution is -2.35. The highest BCUT2D eigenvalue weighted by molar-refractivity contribution is 5.75. The monoisotopic (exact) mass is 239 g/mol. The molecule has 0 bridgehead atoms. The fourth-order valence-corrected chi connectivity index (χ4v) is 1.58. The van der Waals surface area contributed by atoms with Gasteiger partial charge in [-0.05, 0) is 18.8 Å². The van der Waals surface area contributed by atoms with Crippen molar-refractivity contribution < 1.29 is 9.90 Å². The molecule has 0 spiro atoms. The summed E-state index contributed by atoms with van der Waals surface area (Å²) in [5, 5.41) is 19.8. The van der Waals surface area contributed by atoms with Crippen LogP contribution in [0.15, 0.2) is 6.20 Å². The van der Waals surface area contributed by atoms with Crippen molar-refractivity contribution in [3.63, 3.8) is 0 Å². The van der Waals surface area contributed by atoms with Crippen LogP contribution in [0.1, 0.15) is 18.5 Å². The van der Waals surface area contributed by atoms with Crippen LogP contribution in [-0.2, 0) is 17.9 Å². The summed E-state index contributed by atoms with van der Waals surface area (Å²) in [6, 6.07) is 0. The first-order chi connectivity index (χ1) is 8.19. The number of aliphatic hydroxyl groups excluding tert-OH is 1. The van der Waals surface area contributed by atoms with Gasteiger partial charge in [0, 0.05) is 13.1 Å². The number of carbonyl (C=O) groups excluding carboxylic acids is 1. The molecule has 1 aromatic heterocycles. The van der Waals surface area contributed by atoms with E-state index >= 15 is 0 Å². The number of hydrogen-bond acceptors (Lipinski definition) is 5. The minimum atomic E-state index is -0.422. The molecule has 4 N–H and O–H groups in total. The van der Waals surface area contributed by atoms with Crippen LogP contribution in [0.2, 0.25) is 0 Å². The van der Waals surface area contributed by atoms with Crippen molar-refractivity contribution in [3.8, 4) is 0 Å². The van der Waals surface area contributed by atoms with E-state index in [1.54, 1.807) is 6.20 Å². The third-order valence-corrected chi connectivity index (χ3v) is 2.78. The van der Waals surface area contributed by atoms with E-state index in [1.165, 1.54) is 4.68 Å². The summed E-state index contributed by atoms with van der Waals surface area (Å²) in [6.07, 6.45) is 3.32. The maximum absolute atomic E-state index is 11.5. The van der Waals surface area contributed by atoms with Crippen LogP contribution in [-0.4, -0.2) is 38.7 Å². The summed E-state index contributed by atoms with van der Waals surface area (Å²) in [4.78, 5) is 11.5. The lowest BCUT2D eigenvalue weighted by atomic mass is 10.2. The molecule has 1 heterocycles. The normalized spacial score (nSPS) is 16.8. The number of hydrogen-bond donors (Lipinski definition) is 3. The van der Waals surface area contributed by atoms with Crippen molar-refractivity contribution in [1.82, 2.24) is 20.3 Å². The Morgan fingerprint density at radius 1 is 1.71 bits per heavy atom. The van der Waals surface area contributed by atoms with Gasteiger partial charge in [0.2, 0.25) is 5.91 Å². The molecule has 1 atom stereocenters. The molecule has 1 aromatic rings. The molecule has 94 valence electrons. The van der Waals surface area contributed by atoms with E-state index < -0.39 is 6.10 Å². The highest BCUT2D eigenvalue weighted by atomic mass is 16.3. The topological polar surface area (TPSA) is 106 Å². The summed E-state index contributed by atoms with van der Waals surface area (Å²) < 4.78 is 1.43. The highest BCUT2D eigenvalue weighted by Gasteiger charge is 2.29. The highest BCUT2D eigenvalue weighted by Crippen LogP contribution is 2.32. The zero-order chi connectivity index (χ0) is 12.3. The maximum atomic E-state index is 11.5. The van der Waals surface area contributed by atoms with E-state index in [0.717, 1.165) is 12.8 Å². The lowest BCUT2D eigenvalue weighted by Gasteiger charge is -2.10. The maximum Gasteiger partial charge on any atom is 0.241 e. The average molecular weight is 239 g/mol. The van der Waals surface area contributed by atoms with Crippen LogP contribution in [0.5, 0.6) is 0 Å². The Morgan fingerprint density at radius 2 is 2.47 bits per heavy atom. The average Bonchev–Trinajstić information content (AvgIpc) is 3.07. The van der Waals surface area contributed by atoms with Crippen molar-refractivity contribution in [2.75, 3.05) is 6.54 Å². The van der Waals surface area contributed by atoms with Gasteiger partial charge in [-0.25, -0.2) is 4.68 Å². The van der Waals surface area contributed by atoms with E-state index in [9.17, 15) is 9.90 Å². The van der Waals surface area contributed by atoms with Gasteiger partial charge >= 0.3 is 0 Å². The predicted molar refractivity (Wildman–Crippen MR) is 59.7 cm³/mol. The summed E-state index contributed by atoms with van der Waals surface area (Å²) >= 11 is 0. The third-order valence-electron chi connectivity index (χ3n) is 2.78. The molecule has 7 heteroatoms. The summed E-state index contributed by atoms with van der Waals surface area (Å²) in [5.74, 6) is 0.184. The van der Waals surface area contributed by atoms with E-state index in [4.69, 9.17) is 5.73 Å². The van der Waals surface area contributed by atoms with Crippen molar-refractivity contribution in [2.24, 2.45) is 11.7 Å². The molecule has 1 aliphatic rings. The van der Waals surface area contributed by atoms with E-state index in [-0.39, 0.29) is 12.5 Å². The third kappa shape index (κ3) is 3.50. The quantitative estimate of drug-likeness (QED) is 0.567. The Hall–Kier alpha value is -1.47. The van der Waals surface area contributed by atoms with Crippen LogP contribution in [0.3, 0.4) is 0 Å². The second kappa shape index (κ2) is 5.24. The number of nitrogens with two attached hydrogens (primary N) is 1. The summed E-state index contributed by atoms with van der Waals surface area (Å²) in [5.41, 5.74) is 6.03. The first kappa shape index (κ1) is 12.0. The van der Waals surface area contributed by atoms with Crippen molar-refractivity contribution >= 4 is 5.91 Å². The Balaban J connectivity index is 1.72. The lowest BCUT2D eigenvalue weighted by molar-refractivity contribution is -0.122. The van der Waals surface area contributed by atoms with Gasteiger partial charge in [0.15, 0.2) is 0 Å². The van der Waals surface area contributed by atoms with Gasteiger partial charge in [-0.1, -0.05) is 5.21 Å². The molecule has 1 aliphatic carbocycles. The van der Waals surface area contributed by atoms with Crippen LogP contribution in [0, 0.1) is 5.92 Å². The molecule has 0 radical (unpaired) electrons. The minimum Gasteiger partial charge on any atom is -0.391 e. The number of amides is 1. The molecule has 1 fully saturated rings. The van der Waals surface area contributed by atoms with Crippen LogP contribution >= 0.6 is 0 Å². The fourth-order valence-electron chi connectivity index (χ4n) is 1.58. The Bertz CT molecular complexity index is 388. The second-order valence-corrected chi connectivity index (χ2v) is 4.32. The van der Waals surface area contributed by atoms with Crippen molar-refractivity contribution in [2.45, 2.75) is 32.0 Å². The fraction of sp³-hybridized carbons (Fsp3) is 0.700. The van der Waals surface area contributed by atoms with Gasteiger partial charge < -0.3 is 16.2 Å². The van der Waals surface area contributed by atoms with Crippen molar-refractivity contribution in [1.29, 1.82) is 0 Å².